The molecule has 5 heteroatoms. The Hall–Kier alpha value is -0.580. The van der Waals surface area contributed by atoms with E-state index in [1.54, 1.807) is 0 Å². The zero-order valence-corrected chi connectivity index (χ0v) is 7.78. The molecule has 0 spiro atoms. The van der Waals surface area contributed by atoms with E-state index in [0.717, 1.165) is 19.3 Å². The van der Waals surface area contributed by atoms with E-state index in [0.29, 0.717) is 13.1 Å². The fourth-order valence-corrected chi connectivity index (χ4v) is 1.50. The summed E-state index contributed by atoms with van der Waals surface area (Å²) in [6.07, 6.45) is -4.23. The molecule has 1 atom stereocenters. The van der Waals surface area contributed by atoms with Gasteiger partial charge in [-0.25, -0.2) is 4.39 Å². The van der Waals surface area contributed by atoms with Crippen LogP contribution in [0.25, 0.3) is 0 Å². The molecule has 0 aliphatic carbocycles. The molecule has 1 saturated heterocycles. The summed E-state index contributed by atoms with van der Waals surface area (Å²) in [4.78, 5) is 1.19. The van der Waals surface area contributed by atoms with Crippen LogP contribution in [0, 0.1) is 0 Å². The first-order chi connectivity index (χ1) is 6.43. The van der Waals surface area contributed by atoms with E-state index >= 15 is 0 Å². The highest BCUT2D eigenvalue weighted by atomic mass is 19.4. The predicted octanol–water partition coefficient (Wildman–Crippen LogP) is 2.89. The minimum atomic E-state index is -4.63. The fourth-order valence-electron chi connectivity index (χ4n) is 1.50. The summed E-state index contributed by atoms with van der Waals surface area (Å²) < 4.78 is 49.5. The smallest absolute Gasteiger partial charge is 0.270 e. The van der Waals surface area contributed by atoms with E-state index in [9.17, 15) is 17.6 Å². The number of piperidine rings is 1. The molecule has 1 nitrogen and oxygen atoms in total. The van der Waals surface area contributed by atoms with Crippen LogP contribution in [-0.2, 0) is 0 Å². The second-order valence-corrected chi connectivity index (χ2v) is 3.46. The summed E-state index contributed by atoms with van der Waals surface area (Å²) in [7, 11) is 0. The van der Waals surface area contributed by atoms with Crippen molar-refractivity contribution < 1.29 is 17.6 Å². The van der Waals surface area contributed by atoms with Gasteiger partial charge in [0.25, 0.3) is 0 Å². The molecule has 1 fully saturated rings. The molecule has 0 N–H and O–H groups in total. The third-order valence-electron chi connectivity index (χ3n) is 2.36. The van der Waals surface area contributed by atoms with Gasteiger partial charge in [0.15, 0.2) is 6.30 Å². The second kappa shape index (κ2) is 4.29. The molecule has 1 rings (SSSR count). The Morgan fingerprint density at radius 3 is 2.07 bits per heavy atom. The third kappa shape index (κ3) is 2.70. The Kier molecular flexibility index (Phi) is 3.53. The summed E-state index contributed by atoms with van der Waals surface area (Å²) in [6.45, 7) is 3.53. The molecule has 1 heterocycles. The van der Waals surface area contributed by atoms with Gasteiger partial charge in [0, 0.05) is 13.1 Å². The number of hydrogen-bond donors (Lipinski definition) is 0. The first-order valence-corrected chi connectivity index (χ1v) is 4.57. The zero-order chi connectivity index (χ0) is 10.8. The van der Waals surface area contributed by atoms with Crippen molar-refractivity contribution in [1.82, 2.24) is 4.90 Å². The van der Waals surface area contributed by atoms with E-state index in [1.165, 1.54) is 4.90 Å². The van der Waals surface area contributed by atoms with E-state index in [1.807, 2.05) is 0 Å². The first-order valence-electron chi connectivity index (χ1n) is 4.57. The summed E-state index contributed by atoms with van der Waals surface area (Å²) >= 11 is 0. The maximum absolute atomic E-state index is 13.3. The van der Waals surface area contributed by atoms with E-state index in [2.05, 4.69) is 6.58 Å². The van der Waals surface area contributed by atoms with Gasteiger partial charge in [0.2, 0.25) is 0 Å². The van der Waals surface area contributed by atoms with Gasteiger partial charge >= 0.3 is 6.18 Å². The van der Waals surface area contributed by atoms with Crippen molar-refractivity contribution >= 4 is 0 Å². The fraction of sp³-hybridized carbons (Fsp3) is 0.778. The zero-order valence-electron chi connectivity index (χ0n) is 7.78. The molecule has 82 valence electrons. The number of nitrogens with zero attached hydrogens (tertiary/aromatic N) is 1. The third-order valence-corrected chi connectivity index (χ3v) is 2.36. The van der Waals surface area contributed by atoms with Gasteiger partial charge in [0.05, 0.1) is 5.57 Å². The quantitative estimate of drug-likeness (QED) is 0.385. The number of hydrogen-bond acceptors (Lipinski definition) is 1. The summed E-state index contributed by atoms with van der Waals surface area (Å²) in [6, 6.07) is 0. The van der Waals surface area contributed by atoms with Crippen molar-refractivity contribution in [3.63, 3.8) is 0 Å². The van der Waals surface area contributed by atoms with Crippen LogP contribution in [-0.4, -0.2) is 30.5 Å². The minimum Gasteiger partial charge on any atom is -0.270 e. The van der Waals surface area contributed by atoms with Crippen LogP contribution in [0.2, 0.25) is 0 Å². The molecule has 14 heavy (non-hydrogen) atoms. The maximum atomic E-state index is 13.3. The molecule has 0 aromatic heterocycles. The van der Waals surface area contributed by atoms with Gasteiger partial charge in [0.1, 0.15) is 0 Å². The average molecular weight is 211 g/mol. The highest BCUT2D eigenvalue weighted by molar-refractivity contribution is 5.08. The van der Waals surface area contributed by atoms with Gasteiger partial charge in [-0.3, -0.25) is 4.90 Å². The Morgan fingerprint density at radius 1 is 1.14 bits per heavy atom. The van der Waals surface area contributed by atoms with Crippen LogP contribution in [0.5, 0.6) is 0 Å². The van der Waals surface area contributed by atoms with Gasteiger partial charge < -0.3 is 0 Å². The highest BCUT2D eigenvalue weighted by Crippen LogP contribution is 2.30. The van der Waals surface area contributed by atoms with E-state index in [4.69, 9.17) is 0 Å². The van der Waals surface area contributed by atoms with E-state index in [-0.39, 0.29) is 0 Å². The Balaban J connectivity index is 2.55. The van der Waals surface area contributed by atoms with Crippen LogP contribution in [0.3, 0.4) is 0 Å². The van der Waals surface area contributed by atoms with Crippen molar-refractivity contribution in [3.05, 3.63) is 12.2 Å². The minimum absolute atomic E-state index is 0.385. The second-order valence-electron chi connectivity index (χ2n) is 3.46. The van der Waals surface area contributed by atoms with Crippen LogP contribution in [0.1, 0.15) is 19.3 Å². The number of alkyl halides is 4. The van der Waals surface area contributed by atoms with E-state index < -0.39 is 18.0 Å². The molecule has 0 aromatic carbocycles. The van der Waals surface area contributed by atoms with Gasteiger partial charge in [-0.05, 0) is 12.8 Å². The lowest BCUT2D eigenvalue weighted by Gasteiger charge is -2.31. The van der Waals surface area contributed by atoms with Crippen LogP contribution in [0.4, 0.5) is 17.6 Å². The Morgan fingerprint density at radius 2 is 1.64 bits per heavy atom. The number of rotatable bonds is 2. The van der Waals surface area contributed by atoms with Crippen molar-refractivity contribution in [2.75, 3.05) is 13.1 Å². The maximum Gasteiger partial charge on any atom is 0.416 e. The van der Waals surface area contributed by atoms with Crippen LogP contribution >= 0.6 is 0 Å². The van der Waals surface area contributed by atoms with Crippen molar-refractivity contribution in [3.8, 4) is 0 Å². The van der Waals surface area contributed by atoms with Crippen LogP contribution < -0.4 is 0 Å². The standard InChI is InChI=1S/C9H13F4N/c1-7(9(11,12)13)8(10)14-5-3-2-4-6-14/h8H,1-6H2. The number of halogens is 4. The summed E-state index contributed by atoms with van der Waals surface area (Å²) in [5.41, 5.74) is -1.29. The SMILES string of the molecule is C=C(C(F)N1CCCCC1)C(F)(F)F. The largest absolute Gasteiger partial charge is 0.416 e. The average Bonchev–Trinajstić information content (AvgIpc) is 2.15. The molecule has 0 bridgehead atoms. The summed E-state index contributed by atoms with van der Waals surface area (Å²) in [5.74, 6) is 0. The molecular formula is C9H13F4N. The summed E-state index contributed by atoms with van der Waals surface area (Å²) in [5, 5.41) is 0. The van der Waals surface area contributed by atoms with Gasteiger partial charge in [-0.15, -0.1) is 0 Å². The molecule has 0 saturated carbocycles. The Labute approximate surface area is 80.4 Å². The monoisotopic (exact) mass is 211 g/mol. The molecule has 0 aromatic rings. The molecule has 1 unspecified atom stereocenters. The van der Waals surface area contributed by atoms with Crippen molar-refractivity contribution in [2.24, 2.45) is 0 Å². The number of likely N-dealkylation sites (tertiary alicyclic amines) is 1. The lowest BCUT2D eigenvalue weighted by molar-refractivity contribution is -0.111. The lowest BCUT2D eigenvalue weighted by Crippen LogP contribution is -2.40. The van der Waals surface area contributed by atoms with Crippen molar-refractivity contribution in [1.29, 1.82) is 0 Å². The topological polar surface area (TPSA) is 3.24 Å². The van der Waals surface area contributed by atoms with Gasteiger partial charge in [-0.2, -0.15) is 13.2 Å². The first kappa shape index (κ1) is 11.5. The molecule has 1 aliphatic rings. The predicted molar refractivity (Wildman–Crippen MR) is 45.5 cm³/mol. The van der Waals surface area contributed by atoms with Gasteiger partial charge in [-0.1, -0.05) is 13.0 Å². The Bertz CT molecular complexity index is 205. The highest BCUT2D eigenvalue weighted by Gasteiger charge is 2.39. The van der Waals surface area contributed by atoms with Crippen molar-refractivity contribution in [2.45, 2.75) is 31.7 Å². The molecule has 0 radical (unpaired) electrons. The molecular weight excluding hydrogens is 198 g/mol. The van der Waals surface area contributed by atoms with Crippen LogP contribution in [0.15, 0.2) is 12.2 Å². The normalized spacial score (nSPS) is 22.0. The lowest BCUT2D eigenvalue weighted by atomic mass is 10.1. The molecule has 1 aliphatic heterocycles. The molecule has 0 amide bonds.